The van der Waals surface area contributed by atoms with Crippen LogP contribution in [0.4, 0.5) is 0 Å². The summed E-state index contributed by atoms with van der Waals surface area (Å²) < 4.78 is 4.98. The van der Waals surface area contributed by atoms with Gasteiger partial charge >= 0.3 is 5.97 Å². The summed E-state index contributed by atoms with van der Waals surface area (Å²) in [5.74, 6) is -0.255. The first-order valence-corrected chi connectivity index (χ1v) is 6.39. The van der Waals surface area contributed by atoms with E-state index in [1.54, 1.807) is 31.2 Å². The van der Waals surface area contributed by atoms with Gasteiger partial charge in [0, 0.05) is 10.4 Å². The Morgan fingerprint density at radius 1 is 1.39 bits per heavy atom. The van der Waals surface area contributed by atoms with Gasteiger partial charge < -0.3 is 4.74 Å². The van der Waals surface area contributed by atoms with Crippen molar-refractivity contribution >= 4 is 40.1 Å². The number of ether oxygens (including phenoxy) is 1. The largest absolute Gasteiger partial charge is 0.462 e. The molecular weight excluding hydrogens is 273 g/mol. The van der Waals surface area contributed by atoms with Gasteiger partial charge in [-0.15, -0.1) is 11.6 Å². The fourth-order valence-corrected chi connectivity index (χ4v) is 2.06. The number of hydrogen-bond acceptors (Lipinski definition) is 3. The summed E-state index contributed by atoms with van der Waals surface area (Å²) in [6.07, 6.45) is 0. The monoisotopic (exact) mass is 283 g/mol. The highest BCUT2D eigenvalue weighted by Gasteiger charge is 2.14. The lowest BCUT2D eigenvalue weighted by Crippen LogP contribution is -2.09. The minimum Gasteiger partial charge on any atom is -0.462 e. The first-order chi connectivity index (χ1) is 8.65. The molecule has 1 aromatic carbocycles. The molecule has 0 unspecified atom stereocenters. The fourth-order valence-electron chi connectivity index (χ4n) is 1.67. The Kier molecular flexibility index (Phi) is 4.04. The standard InChI is InChI=1S/C13H11Cl2NO2/c1-2-18-13(17)10-6-8-5-9(15)3-4-11(8)16-12(10)7-14/h3-6H,2,7H2,1H3. The minimum atomic E-state index is -0.414. The lowest BCUT2D eigenvalue weighted by molar-refractivity contribution is 0.0525. The molecule has 0 saturated carbocycles. The molecule has 0 radical (unpaired) electrons. The molecule has 2 aromatic rings. The van der Waals surface area contributed by atoms with Crippen molar-refractivity contribution in [1.29, 1.82) is 0 Å². The second kappa shape index (κ2) is 5.55. The van der Waals surface area contributed by atoms with Gasteiger partial charge in [0.1, 0.15) is 0 Å². The van der Waals surface area contributed by atoms with E-state index < -0.39 is 5.97 Å². The molecule has 0 spiro atoms. The molecule has 0 atom stereocenters. The van der Waals surface area contributed by atoms with E-state index in [4.69, 9.17) is 27.9 Å². The van der Waals surface area contributed by atoms with Gasteiger partial charge in [-0.1, -0.05) is 11.6 Å². The van der Waals surface area contributed by atoms with Crippen LogP contribution in [-0.4, -0.2) is 17.6 Å². The lowest BCUT2D eigenvalue weighted by atomic mass is 10.1. The summed E-state index contributed by atoms with van der Waals surface area (Å²) in [6.45, 7) is 2.07. The summed E-state index contributed by atoms with van der Waals surface area (Å²) in [4.78, 5) is 16.1. The van der Waals surface area contributed by atoms with Gasteiger partial charge in [0.2, 0.25) is 0 Å². The van der Waals surface area contributed by atoms with Crippen LogP contribution in [0.5, 0.6) is 0 Å². The molecule has 0 aliphatic rings. The number of rotatable bonds is 3. The zero-order valence-electron chi connectivity index (χ0n) is 9.74. The van der Waals surface area contributed by atoms with Crippen molar-refractivity contribution in [2.24, 2.45) is 0 Å². The third kappa shape index (κ3) is 2.57. The fraction of sp³-hybridized carbons (Fsp3) is 0.231. The van der Waals surface area contributed by atoms with Crippen molar-refractivity contribution in [3.63, 3.8) is 0 Å². The molecule has 94 valence electrons. The molecule has 5 heteroatoms. The Morgan fingerprint density at radius 3 is 2.83 bits per heavy atom. The molecule has 0 aliphatic carbocycles. The van der Waals surface area contributed by atoms with E-state index in [0.717, 1.165) is 10.9 Å². The number of carbonyl (C=O) groups is 1. The molecule has 0 amide bonds. The van der Waals surface area contributed by atoms with Gasteiger partial charge in [-0.3, -0.25) is 4.98 Å². The molecule has 0 aliphatic heterocycles. The quantitative estimate of drug-likeness (QED) is 0.635. The molecule has 18 heavy (non-hydrogen) atoms. The number of aromatic nitrogens is 1. The van der Waals surface area contributed by atoms with Crippen LogP contribution >= 0.6 is 23.2 Å². The van der Waals surface area contributed by atoms with Gasteiger partial charge in [-0.05, 0) is 31.2 Å². The van der Waals surface area contributed by atoms with Crippen LogP contribution in [0.3, 0.4) is 0 Å². The van der Waals surface area contributed by atoms with Gasteiger partial charge in [0.15, 0.2) is 0 Å². The third-order valence-electron chi connectivity index (χ3n) is 2.48. The Morgan fingerprint density at radius 2 is 2.17 bits per heavy atom. The van der Waals surface area contributed by atoms with Crippen molar-refractivity contribution in [3.05, 3.63) is 40.5 Å². The van der Waals surface area contributed by atoms with E-state index >= 15 is 0 Å². The molecule has 2 rings (SSSR count). The smallest absolute Gasteiger partial charge is 0.340 e. The van der Waals surface area contributed by atoms with Gasteiger partial charge in [0.05, 0.1) is 29.3 Å². The zero-order valence-corrected chi connectivity index (χ0v) is 11.3. The molecule has 1 heterocycles. The van der Waals surface area contributed by atoms with E-state index in [0.29, 0.717) is 22.9 Å². The highest BCUT2D eigenvalue weighted by atomic mass is 35.5. The van der Waals surface area contributed by atoms with Gasteiger partial charge in [-0.25, -0.2) is 4.79 Å². The molecule has 0 fully saturated rings. The second-order valence-corrected chi connectivity index (χ2v) is 4.38. The van der Waals surface area contributed by atoms with Crippen LogP contribution in [0.2, 0.25) is 5.02 Å². The van der Waals surface area contributed by atoms with Crippen LogP contribution in [0, 0.1) is 0 Å². The van der Waals surface area contributed by atoms with E-state index in [-0.39, 0.29) is 5.88 Å². The Bertz CT molecular complexity index is 599. The molecule has 0 bridgehead atoms. The highest BCUT2D eigenvalue weighted by molar-refractivity contribution is 6.31. The Hall–Kier alpha value is -1.32. The van der Waals surface area contributed by atoms with Crippen LogP contribution in [0.15, 0.2) is 24.3 Å². The topological polar surface area (TPSA) is 39.2 Å². The number of carbonyl (C=O) groups excluding carboxylic acids is 1. The summed E-state index contributed by atoms with van der Waals surface area (Å²) in [5, 5.41) is 1.39. The SMILES string of the molecule is CCOC(=O)c1cc2cc(Cl)ccc2nc1CCl. The number of alkyl halides is 1. The molecule has 0 saturated heterocycles. The van der Waals surface area contributed by atoms with Crippen LogP contribution in [0.1, 0.15) is 23.0 Å². The summed E-state index contributed by atoms with van der Waals surface area (Å²) in [6, 6.07) is 7.01. The number of halogens is 2. The van der Waals surface area contributed by atoms with Crippen molar-refractivity contribution in [2.45, 2.75) is 12.8 Å². The van der Waals surface area contributed by atoms with E-state index in [2.05, 4.69) is 4.98 Å². The zero-order chi connectivity index (χ0) is 13.1. The Balaban J connectivity index is 2.60. The Labute approximate surface area is 115 Å². The molecule has 1 aromatic heterocycles. The molecule has 3 nitrogen and oxygen atoms in total. The lowest BCUT2D eigenvalue weighted by Gasteiger charge is -2.08. The number of hydrogen-bond donors (Lipinski definition) is 0. The maximum Gasteiger partial charge on any atom is 0.340 e. The van der Waals surface area contributed by atoms with E-state index in [1.165, 1.54) is 0 Å². The van der Waals surface area contributed by atoms with E-state index in [9.17, 15) is 4.79 Å². The summed E-state index contributed by atoms with van der Waals surface area (Å²) in [5.41, 5.74) is 1.66. The van der Waals surface area contributed by atoms with Crippen molar-refractivity contribution in [2.75, 3.05) is 6.61 Å². The maximum atomic E-state index is 11.8. The first-order valence-electron chi connectivity index (χ1n) is 5.48. The predicted octanol–water partition coefficient (Wildman–Crippen LogP) is 3.80. The molecule has 0 N–H and O–H groups in total. The number of nitrogens with zero attached hydrogens (tertiary/aromatic N) is 1. The van der Waals surface area contributed by atoms with Crippen LogP contribution < -0.4 is 0 Å². The minimum absolute atomic E-state index is 0.159. The molecular formula is C13H11Cl2NO2. The first kappa shape index (κ1) is 13.1. The third-order valence-corrected chi connectivity index (χ3v) is 2.97. The normalized spacial score (nSPS) is 10.6. The number of pyridine rings is 1. The van der Waals surface area contributed by atoms with Crippen LogP contribution in [-0.2, 0) is 10.6 Å². The van der Waals surface area contributed by atoms with Crippen molar-refractivity contribution in [3.8, 4) is 0 Å². The summed E-state index contributed by atoms with van der Waals surface area (Å²) in [7, 11) is 0. The van der Waals surface area contributed by atoms with Crippen molar-refractivity contribution < 1.29 is 9.53 Å². The van der Waals surface area contributed by atoms with Crippen LogP contribution in [0.25, 0.3) is 10.9 Å². The average molecular weight is 284 g/mol. The number of benzene rings is 1. The predicted molar refractivity (Wildman–Crippen MR) is 72.3 cm³/mol. The summed E-state index contributed by atoms with van der Waals surface area (Å²) >= 11 is 11.7. The van der Waals surface area contributed by atoms with Crippen molar-refractivity contribution in [1.82, 2.24) is 4.98 Å². The van der Waals surface area contributed by atoms with E-state index in [1.807, 2.05) is 0 Å². The number of fused-ring (bicyclic) bond motifs is 1. The number of esters is 1. The second-order valence-electron chi connectivity index (χ2n) is 3.67. The maximum absolute atomic E-state index is 11.8. The highest BCUT2D eigenvalue weighted by Crippen LogP contribution is 2.22. The average Bonchev–Trinajstić information content (AvgIpc) is 2.37. The van der Waals surface area contributed by atoms with Gasteiger partial charge in [-0.2, -0.15) is 0 Å². The van der Waals surface area contributed by atoms with Gasteiger partial charge in [0.25, 0.3) is 0 Å².